The molecule has 1 unspecified atom stereocenters. The summed E-state index contributed by atoms with van der Waals surface area (Å²) < 4.78 is 5.05. The number of H-pyrrole nitrogens is 1. The summed E-state index contributed by atoms with van der Waals surface area (Å²) >= 11 is 0. The van der Waals surface area contributed by atoms with Crippen molar-refractivity contribution in [2.24, 2.45) is 5.92 Å². The minimum atomic E-state index is -0.260. The monoisotopic (exact) mass is 253 g/mol. The van der Waals surface area contributed by atoms with Crippen LogP contribution >= 0.6 is 0 Å². The first-order chi connectivity index (χ1) is 8.54. The Morgan fingerprint density at radius 3 is 2.72 bits per heavy atom. The highest BCUT2D eigenvalue weighted by molar-refractivity contribution is 5.48. The van der Waals surface area contributed by atoms with Gasteiger partial charge in [0.15, 0.2) is 5.82 Å². The summed E-state index contributed by atoms with van der Waals surface area (Å²) in [5.41, 5.74) is -0.260. The lowest BCUT2D eigenvalue weighted by Crippen LogP contribution is -2.20. The lowest BCUT2D eigenvalue weighted by molar-refractivity contribution is 0.407. The van der Waals surface area contributed by atoms with Crippen LogP contribution in [0.25, 0.3) is 0 Å². The molecule has 0 aliphatic rings. The largest absolute Gasteiger partial charge is 0.489 e. The molecule has 0 saturated carbocycles. The van der Waals surface area contributed by atoms with Gasteiger partial charge in [-0.25, -0.2) is 4.98 Å². The van der Waals surface area contributed by atoms with Crippen molar-refractivity contribution < 1.29 is 4.74 Å². The number of methoxy groups -OCH3 is 1. The molecular weight excluding hydrogens is 230 g/mol. The van der Waals surface area contributed by atoms with Gasteiger partial charge in [0, 0.05) is 6.04 Å². The topological polar surface area (TPSA) is 67.0 Å². The molecular formula is C13H23N3O2. The maximum Gasteiger partial charge on any atom is 0.295 e. The van der Waals surface area contributed by atoms with Crippen LogP contribution in [0, 0.1) is 5.92 Å². The number of rotatable bonds is 7. The molecule has 1 heterocycles. The summed E-state index contributed by atoms with van der Waals surface area (Å²) in [6, 6.07) is 0.270. The quantitative estimate of drug-likeness (QED) is 0.783. The Bertz CT molecular complexity index is 415. The Kier molecular flexibility index (Phi) is 5.68. The number of aromatic amines is 1. The van der Waals surface area contributed by atoms with Gasteiger partial charge in [-0.3, -0.25) is 4.79 Å². The Morgan fingerprint density at radius 1 is 1.39 bits per heavy atom. The van der Waals surface area contributed by atoms with Crippen LogP contribution in [0.2, 0.25) is 0 Å². The van der Waals surface area contributed by atoms with E-state index < -0.39 is 0 Å². The van der Waals surface area contributed by atoms with Crippen LogP contribution in [0.15, 0.2) is 11.1 Å². The average molecular weight is 253 g/mol. The third kappa shape index (κ3) is 4.39. The second kappa shape index (κ2) is 7.03. The number of hydrogen-bond acceptors (Lipinski definition) is 4. The molecule has 0 aliphatic heterocycles. The van der Waals surface area contributed by atoms with Gasteiger partial charge in [0.1, 0.15) is 0 Å². The molecule has 0 saturated heterocycles. The Hall–Kier alpha value is -1.52. The van der Waals surface area contributed by atoms with E-state index in [1.165, 1.54) is 19.9 Å². The lowest BCUT2D eigenvalue weighted by atomic mass is 10.0. The molecule has 0 fully saturated rings. The molecule has 5 heteroatoms. The SMILES string of the molecule is COc1c(NC(C)CCCC(C)C)nc[nH]c1=O. The van der Waals surface area contributed by atoms with Gasteiger partial charge >= 0.3 is 0 Å². The summed E-state index contributed by atoms with van der Waals surface area (Å²) in [5, 5.41) is 3.22. The van der Waals surface area contributed by atoms with Gasteiger partial charge in [-0.2, -0.15) is 0 Å². The van der Waals surface area contributed by atoms with Crippen LogP contribution in [0.1, 0.15) is 40.0 Å². The zero-order chi connectivity index (χ0) is 13.5. The van der Waals surface area contributed by atoms with Crippen LogP contribution in [-0.4, -0.2) is 23.1 Å². The first-order valence-corrected chi connectivity index (χ1v) is 6.42. The van der Waals surface area contributed by atoms with Crippen molar-refractivity contribution in [2.45, 2.75) is 46.1 Å². The van der Waals surface area contributed by atoms with Crippen molar-refractivity contribution in [1.82, 2.24) is 9.97 Å². The van der Waals surface area contributed by atoms with Gasteiger partial charge in [-0.05, 0) is 19.3 Å². The molecule has 0 spiro atoms. The summed E-state index contributed by atoms with van der Waals surface area (Å²) in [6.45, 7) is 6.53. The highest BCUT2D eigenvalue weighted by atomic mass is 16.5. The zero-order valence-corrected chi connectivity index (χ0v) is 11.6. The first kappa shape index (κ1) is 14.5. The molecule has 1 atom stereocenters. The van der Waals surface area contributed by atoms with E-state index in [1.807, 2.05) is 0 Å². The fourth-order valence-corrected chi connectivity index (χ4v) is 1.82. The number of nitrogens with zero attached hydrogens (tertiary/aromatic N) is 1. The minimum absolute atomic E-state index is 0.244. The van der Waals surface area contributed by atoms with Crippen molar-refractivity contribution >= 4 is 5.82 Å². The van der Waals surface area contributed by atoms with E-state index in [9.17, 15) is 4.79 Å². The average Bonchev–Trinajstić information content (AvgIpc) is 2.28. The van der Waals surface area contributed by atoms with Crippen LogP contribution in [0.3, 0.4) is 0 Å². The fourth-order valence-electron chi connectivity index (χ4n) is 1.82. The van der Waals surface area contributed by atoms with Gasteiger partial charge in [0.2, 0.25) is 5.75 Å². The van der Waals surface area contributed by atoms with Gasteiger partial charge in [-0.1, -0.05) is 26.7 Å². The number of hydrogen-bond donors (Lipinski definition) is 2. The third-order valence-electron chi connectivity index (χ3n) is 2.82. The van der Waals surface area contributed by atoms with Gasteiger partial charge < -0.3 is 15.0 Å². The van der Waals surface area contributed by atoms with Gasteiger partial charge in [-0.15, -0.1) is 0 Å². The van der Waals surface area contributed by atoms with E-state index >= 15 is 0 Å². The van der Waals surface area contributed by atoms with E-state index in [4.69, 9.17) is 4.74 Å². The molecule has 0 aliphatic carbocycles. The normalized spacial score (nSPS) is 12.5. The maximum atomic E-state index is 11.5. The van der Waals surface area contributed by atoms with E-state index in [0.29, 0.717) is 5.82 Å². The molecule has 18 heavy (non-hydrogen) atoms. The van der Waals surface area contributed by atoms with Crippen molar-refractivity contribution in [2.75, 3.05) is 12.4 Å². The number of aromatic nitrogens is 2. The molecule has 102 valence electrons. The summed E-state index contributed by atoms with van der Waals surface area (Å²) in [7, 11) is 1.47. The summed E-state index contributed by atoms with van der Waals surface area (Å²) in [4.78, 5) is 18.1. The molecule has 5 nitrogen and oxygen atoms in total. The second-order valence-electron chi connectivity index (χ2n) is 4.98. The standard InChI is InChI=1S/C13H23N3O2/c1-9(2)6-5-7-10(3)16-12-11(18-4)13(17)15-8-14-12/h8-10H,5-7H2,1-4H3,(H2,14,15,16,17). The fraction of sp³-hybridized carbons (Fsp3) is 0.692. The van der Waals surface area contributed by atoms with Crippen molar-refractivity contribution in [1.29, 1.82) is 0 Å². The van der Waals surface area contributed by atoms with Crippen LogP contribution < -0.4 is 15.6 Å². The molecule has 1 aromatic heterocycles. The molecule has 0 bridgehead atoms. The highest BCUT2D eigenvalue weighted by Gasteiger charge is 2.11. The minimum Gasteiger partial charge on any atom is -0.489 e. The van der Waals surface area contributed by atoms with Crippen LogP contribution in [-0.2, 0) is 0 Å². The van der Waals surface area contributed by atoms with Gasteiger partial charge in [0.25, 0.3) is 5.56 Å². The van der Waals surface area contributed by atoms with Crippen molar-refractivity contribution in [3.05, 3.63) is 16.7 Å². The lowest BCUT2D eigenvalue weighted by Gasteiger charge is -2.16. The van der Waals surface area contributed by atoms with E-state index in [2.05, 4.69) is 36.1 Å². The number of anilines is 1. The third-order valence-corrected chi connectivity index (χ3v) is 2.82. The zero-order valence-electron chi connectivity index (χ0n) is 11.6. The van der Waals surface area contributed by atoms with Gasteiger partial charge in [0.05, 0.1) is 13.4 Å². The van der Waals surface area contributed by atoms with Crippen LogP contribution in [0.4, 0.5) is 5.82 Å². The predicted octanol–water partition coefficient (Wildman–Crippen LogP) is 2.41. The highest BCUT2D eigenvalue weighted by Crippen LogP contribution is 2.17. The number of ether oxygens (including phenoxy) is 1. The smallest absolute Gasteiger partial charge is 0.295 e. The molecule has 0 aromatic carbocycles. The summed E-state index contributed by atoms with van der Waals surface area (Å²) in [6.07, 6.45) is 4.81. The van der Waals surface area contributed by atoms with Crippen molar-refractivity contribution in [3.8, 4) is 5.75 Å². The first-order valence-electron chi connectivity index (χ1n) is 6.42. The van der Waals surface area contributed by atoms with E-state index in [-0.39, 0.29) is 17.4 Å². The maximum absolute atomic E-state index is 11.5. The molecule has 2 N–H and O–H groups in total. The molecule has 0 amide bonds. The van der Waals surface area contributed by atoms with Crippen LogP contribution in [0.5, 0.6) is 5.75 Å². The predicted molar refractivity (Wildman–Crippen MR) is 73.2 cm³/mol. The van der Waals surface area contributed by atoms with Crippen molar-refractivity contribution in [3.63, 3.8) is 0 Å². The summed E-state index contributed by atoms with van der Waals surface area (Å²) in [5.74, 6) is 1.48. The number of nitrogens with one attached hydrogen (secondary N) is 2. The molecule has 0 radical (unpaired) electrons. The Morgan fingerprint density at radius 2 is 2.11 bits per heavy atom. The Balaban J connectivity index is 2.56. The second-order valence-corrected chi connectivity index (χ2v) is 4.98. The molecule has 1 rings (SSSR count). The molecule has 1 aromatic rings. The Labute approximate surface area is 108 Å². The van der Waals surface area contributed by atoms with E-state index in [0.717, 1.165) is 18.8 Å². The van der Waals surface area contributed by atoms with E-state index in [1.54, 1.807) is 0 Å².